The molecule has 3 aromatic carbocycles. The van der Waals surface area contributed by atoms with E-state index in [4.69, 9.17) is 28.4 Å². The highest BCUT2D eigenvalue weighted by Gasteiger charge is 2.47. The first kappa shape index (κ1) is 26.6. The minimum atomic E-state index is -0.817. The molecule has 0 spiro atoms. The van der Waals surface area contributed by atoms with Gasteiger partial charge in [0.25, 0.3) is 0 Å². The van der Waals surface area contributed by atoms with Crippen LogP contribution >= 0.6 is 0 Å². The zero-order valence-electron chi connectivity index (χ0n) is 21.0. The summed E-state index contributed by atoms with van der Waals surface area (Å²) >= 11 is 0. The number of hydrogen-bond donors (Lipinski definition) is 0. The predicted octanol–water partition coefficient (Wildman–Crippen LogP) is 5.15. The van der Waals surface area contributed by atoms with Crippen LogP contribution in [0, 0.1) is 0 Å². The average Bonchev–Trinajstić information content (AvgIpc) is 2.94. The van der Waals surface area contributed by atoms with Gasteiger partial charge in [-0.1, -0.05) is 91.0 Å². The van der Waals surface area contributed by atoms with E-state index in [0.717, 1.165) is 16.7 Å². The SMILES string of the molecule is CO[C@H]1O/C(=C/OC(C)=O)[C@@H](OCc2ccccc2)[C@H](OCc2ccccc2)[C@H]1OCc1ccccc1. The van der Waals surface area contributed by atoms with Crippen LogP contribution in [0.2, 0.25) is 0 Å². The zero-order chi connectivity index (χ0) is 25.9. The maximum atomic E-state index is 11.6. The van der Waals surface area contributed by atoms with Gasteiger partial charge in [-0.3, -0.25) is 4.79 Å². The summed E-state index contributed by atoms with van der Waals surface area (Å²) in [4.78, 5) is 11.6. The second-order valence-corrected chi connectivity index (χ2v) is 8.59. The second kappa shape index (κ2) is 13.7. The molecular formula is C30H32O7. The first-order valence-corrected chi connectivity index (χ1v) is 12.2. The molecule has 194 valence electrons. The largest absolute Gasteiger partial charge is 0.460 e. The van der Waals surface area contributed by atoms with Crippen molar-refractivity contribution in [1.29, 1.82) is 0 Å². The first-order chi connectivity index (χ1) is 18.1. The second-order valence-electron chi connectivity index (χ2n) is 8.59. The minimum absolute atomic E-state index is 0.288. The number of benzene rings is 3. The summed E-state index contributed by atoms with van der Waals surface area (Å²) in [5.41, 5.74) is 2.98. The number of methoxy groups -OCH3 is 1. The van der Waals surface area contributed by atoms with E-state index in [1.165, 1.54) is 20.3 Å². The summed E-state index contributed by atoms with van der Waals surface area (Å²) in [5.74, 6) is -0.188. The lowest BCUT2D eigenvalue weighted by atomic mass is 10.0. The molecule has 1 saturated heterocycles. The van der Waals surface area contributed by atoms with Crippen LogP contribution < -0.4 is 0 Å². The lowest BCUT2D eigenvalue weighted by Gasteiger charge is -2.42. The van der Waals surface area contributed by atoms with Crippen LogP contribution in [0.25, 0.3) is 0 Å². The molecule has 7 nitrogen and oxygen atoms in total. The standard InChI is InChI=1S/C30H32O7/c1-22(31)33-21-26-27(34-18-23-12-6-3-7-13-23)28(35-19-24-14-8-4-9-15-24)29(30(32-2)37-26)36-20-25-16-10-5-11-17-25/h3-17,21,27-30H,18-20H2,1-2H3/b26-21+/t27-,28+,29-,30+/m1/s1. The van der Waals surface area contributed by atoms with E-state index >= 15 is 0 Å². The Morgan fingerprint density at radius 2 is 1.19 bits per heavy atom. The van der Waals surface area contributed by atoms with Crippen LogP contribution in [0.4, 0.5) is 0 Å². The molecule has 37 heavy (non-hydrogen) atoms. The Hall–Kier alpha value is -3.49. The highest BCUT2D eigenvalue weighted by Crippen LogP contribution is 2.33. The normalized spacial score (nSPS) is 22.4. The van der Waals surface area contributed by atoms with E-state index in [-0.39, 0.29) is 5.76 Å². The Bertz CT molecular complexity index is 1120. The summed E-state index contributed by atoms with van der Waals surface area (Å²) in [6.07, 6.45) is -1.55. The lowest BCUT2D eigenvalue weighted by molar-refractivity contribution is -0.271. The van der Waals surface area contributed by atoms with E-state index in [9.17, 15) is 4.79 Å². The van der Waals surface area contributed by atoms with E-state index in [0.29, 0.717) is 19.8 Å². The smallest absolute Gasteiger partial charge is 0.307 e. The topological polar surface area (TPSA) is 72.5 Å². The molecule has 0 radical (unpaired) electrons. The molecule has 4 rings (SSSR count). The summed E-state index contributed by atoms with van der Waals surface area (Å²) < 4.78 is 36.1. The Balaban J connectivity index is 1.63. The fraction of sp³-hybridized carbons (Fsp3) is 0.300. The Morgan fingerprint density at radius 1 is 0.730 bits per heavy atom. The van der Waals surface area contributed by atoms with Crippen LogP contribution in [-0.2, 0) is 53.0 Å². The van der Waals surface area contributed by atoms with Gasteiger partial charge in [0.15, 0.2) is 5.76 Å². The summed E-state index contributed by atoms with van der Waals surface area (Å²) in [6, 6.07) is 29.5. The summed E-state index contributed by atoms with van der Waals surface area (Å²) in [7, 11) is 1.53. The molecule has 3 aromatic rings. The molecule has 1 aliphatic rings. The highest BCUT2D eigenvalue weighted by atomic mass is 16.7. The van der Waals surface area contributed by atoms with Gasteiger partial charge < -0.3 is 28.4 Å². The molecule has 1 aliphatic heterocycles. The van der Waals surface area contributed by atoms with Gasteiger partial charge in [-0.2, -0.15) is 0 Å². The molecule has 0 aromatic heterocycles. The molecular weight excluding hydrogens is 472 g/mol. The number of carbonyl (C=O) groups is 1. The quantitative estimate of drug-likeness (QED) is 0.264. The number of hydrogen-bond acceptors (Lipinski definition) is 7. The van der Waals surface area contributed by atoms with Crippen LogP contribution in [0.1, 0.15) is 23.6 Å². The molecule has 1 fully saturated rings. The van der Waals surface area contributed by atoms with Crippen molar-refractivity contribution in [2.45, 2.75) is 51.3 Å². The third-order valence-electron chi connectivity index (χ3n) is 5.84. The fourth-order valence-electron chi connectivity index (χ4n) is 4.00. The zero-order valence-corrected chi connectivity index (χ0v) is 21.0. The predicted molar refractivity (Wildman–Crippen MR) is 137 cm³/mol. The Kier molecular flexibility index (Phi) is 9.85. The Morgan fingerprint density at radius 3 is 1.65 bits per heavy atom. The van der Waals surface area contributed by atoms with Gasteiger partial charge in [0.2, 0.25) is 6.29 Å². The number of esters is 1. The van der Waals surface area contributed by atoms with Gasteiger partial charge in [-0.15, -0.1) is 0 Å². The van der Waals surface area contributed by atoms with Crippen LogP contribution in [0.3, 0.4) is 0 Å². The van der Waals surface area contributed by atoms with Gasteiger partial charge in [-0.05, 0) is 16.7 Å². The first-order valence-electron chi connectivity index (χ1n) is 12.2. The van der Waals surface area contributed by atoms with Gasteiger partial charge in [0, 0.05) is 14.0 Å². The Labute approximate surface area is 217 Å². The van der Waals surface area contributed by atoms with E-state index < -0.39 is 30.6 Å². The minimum Gasteiger partial charge on any atom is -0.460 e. The summed E-state index contributed by atoms with van der Waals surface area (Å²) in [6.45, 7) is 2.26. The average molecular weight is 505 g/mol. The maximum absolute atomic E-state index is 11.6. The molecule has 0 aliphatic carbocycles. The van der Waals surface area contributed by atoms with Crippen LogP contribution in [0.15, 0.2) is 103 Å². The third-order valence-corrected chi connectivity index (χ3v) is 5.84. The van der Waals surface area contributed by atoms with E-state index in [2.05, 4.69) is 0 Å². The van der Waals surface area contributed by atoms with Gasteiger partial charge in [0.05, 0.1) is 19.8 Å². The van der Waals surface area contributed by atoms with Gasteiger partial charge >= 0.3 is 5.97 Å². The molecule has 7 heteroatoms. The van der Waals surface area contributed by atoms with Crippen molar-refractivity contribution in [1.82, 2.24) is 0 Å². The molecule has 0 unspecified atom stereocenters. The molecule has 1 heterocycles. The molecule has 4 atom stereocenters. The van der Waals surface area contributed by atoms with Crippen molar-refractivity contribution >= 4 is 5.97 Å². The molecule has 0 N–H and O–H groups in total. The number of carbonyl (C=O) groups excluding carboxylic acids is 1. The van der Waals surface area contributed by atoms with Crippen LogP contribution in [0.5, 0.6) is 0 Å². The maximum Gasteiger partial charge on any atom is 0.307 e. The molecule has 0 bridgehead atoms. The van der Waals surface area contributed by atoms with Gasteiger partial charge in [0.1, 0.15) is 24.6 Å². The van der Waals surface area contributed by atoms with Crippen molar-refractivity contribution in [2.75, 3.05) is 7.11 Å². The third kappa shape index (κ3) is 7.74. The van der Waals surface area contributed by atoms with Crippen molar-refractivity contribution in [3.8, 4) is 0 Å². The van der Waals surface area contributed by atoms with Crippen LogP contribution in [-0.4, -0.2) is 37.7 Å². The highest BCUT2D eigenvalue weighted by molar-refractivity contribution is 5.66. The van der Waals surface area contributed by atoms with Crippen molar-refractivity contribution < 1.29 is 33.2 Å². The van der Waals surface area contributed by atoms with Crippen molar-refractivity contribution in [3.05, 3.63) is 120 Å². The number of ether oxygens (including phenoxy) is 6. The molecule has 0 saturated carbocycles. The number of rotatable bonds is 11. The van der Waals surface area contributed by atoms with E-state index in [1.54, 1.807) is 0 Å². The van der Waals surface area contributed by atoms with Crippen molar-refractivity contribution in [2.24, 2.45) is 0 Å². The van der Waals surface area contributed by atoms with Gasteiger partial charge in [-0.25, -0.2) is 0 Å². The van der Waals surface area contributed by atoms with E-state index in [1.807, 2.05) is 91.0 Å². The molecule has 0 amide bonds. The fourth-order valence-corrected chi connectivity index (χ4v) is 4.00. The summed E-state index contributed by atoms with van der Waals surface area (Å²) in [5, 5.41) is 0. The van der Waals surface area contributed by atoms with Crippen molar-refractivity contribution in [3.63, 3.8) is 0 Å². The monoisotopic (exact) mass is 504 g/mol. The lowest BCUT2D eigenvalue weighted by Crippen LogP contribution is -2.55.